The minimum Gasteiger partial charge on any atom is -0.506 e. The van der Waals surface area contributed by atoms with Gasteiger partial charge in [-0.3, -0.25) is 0 Å². The van der Waals surface area contributed by atoms with Crippen molar-refractivity contribution in [2.75, 3.05) is 0 Å². The minimum atomic E-state index is 0.0599. The van der Waals surface area contributed by atoms with Crippen molar-refractivity contribution in [2.24, 2.45) is 0 Å². The molecule has 0 aliphatic carbocycles. The van der Waals surface area contributed by atoms with Crippen LogP contribution in [0.4, 0.5) is 0 Å². The van der Waals surface area contributed by atoms with Crippen molar-refractivity contribution < 1.29 is 5.11 Å². The minimum absolute atomic E-state index is 0.0599. The average Bonchev–Trinajstić information content (AvgIpc) is 2.35. The molecule has 2 nitrogen and oxygen atoms in total. The molecule has 0 aliphatic heterocycles. The molecule has 0 aromatic heterocycles. The van der Waals surface area contributed by atoms with E-state index in [1.165, 1.54) is 6.07 Å². The van der Waals surface area contributed by atoms with Crippen LogP contribution in [0.1, 0.15) is 11.1 Å². The number of halogens is 3. The summed E-state index contributed by atoms with van der Waals surface area (Å²) in [5.74, 6) is 0.0599. The molecule has 2 N–H and O–H groups in total. The Morgan fingerprint density at radius 1 is 0.947 bits per heavy atom. The molecule has 2 aromatic carbocycles. The Hall–Kier alpha value is -0.930. The van der Waals surface area contributed by atoms with Crippen LogP contribution in [0, 0.1) is 0 Å². The van der Waals surface area contributed by atoms with Gasteiger partial charge in [0.05, 0.1) is 5.02 Å². The fraction of sp³-hybridized carbons (Fsp3) is 0.143. The SMILES string of the molecule is Oc1c(Cl)cc(Cl)cc1CNCc1cccc(Cl)c1. The van der Waals surface area contributed by atoms with E-state index in [0.29, 0.717) is 28.7 Å². The van der Waals surface area contributed by atoms with E-state index in [-0.39, 0.29) is 10.8 Å². The Bertz CT molecular complexity index is 587. The second-order valence-electron chi connectivity index (χ2n) is 4.13. The molecule has 0 spiro atoms. The van der Waals surface area contributed by atoms with Gasteiger partial charge in [0.15, 0.2) is 0 Å². The first-order chi connectivity index (χ1) is 9.06. The van der Waals surface area contributed by atoms with Crippen molar-refractivity contribution in [1.82, 2.24) is 5.32 Å². The van der Waals surface area contributed by atoms with Gasteiger partial charge in [0, 0.05) is 28.7 Å². The molecule has 0 unspecified atom stereocenters. The van der Waals surface area contributed by atoms with E-state index in [1.54, 1.807) is 6.07 Å². The smallest absolute Gasteiger partial charge is 0.138 e. The number of rotatable bonds is 4. The molecule has 100 valence electrons. The third kappa shape index (κ3) is 4.02. The van der Waals surface area contributed by atoms with Crippen LogP contribution in [0.25, 0.3) is 0 Å². The highest BCUT2D eigenvalue weighted by molar-refractivity contribution is 6.35. The second-order valence-corrected chi connectivity index (χ2v) is 5.41. The van der Waals surface area contributed by atoms with Crippen LogP contribution in [0.5, 0.6) is 5.75 Å². The van der Waals surface area contributed by atoms with Crippen molar-refractivity contribution in [3.05, 3.63) is 62.6 Å². The average molecular weight is 317 g/mol. The van der Waals surface area contributed by atoms with Gasteiger partial charge in [-0.1, -0.05) is 46.9 Å². The molecule has 19 heavy (non-hydrogen) atoms. The topological polar surface area (TPSA) is 32.3 Å². The van der Waals surface area contributed by atoms with E-state index in [1.807, 2.05) is 24.3 Å². The summed E-state index contributed by atoms with van der Waals surface area (Å²) in [6.07, 6.45) is 0. The third-order valence-electron chi connectivity index (χ3n) is 2.64. The summed E-state index contributed by atoms with van der Waals surface area (Å²) in [5, 5.41) is 14.5. The van der Waals surface area contributed by atoms with Gasteiger partial charge >= 0.3 is 0 Å². The highest BCUT2D eigenvalue weighted by Crippen LogP contribution is 2.31. The lowest BCUT2D eigenvalue weighted by molar-refractivity contribution is 0.464. The molecule has 0 fully saturated rings. The maximum atomic E-state index is 9.81. The van der Waals surface area contributed by atoms with Crippen LogP contribution < -0.4 is 5.32 Å². The van der Waals surface area contributed by atoms with Crippen molar-refractivity contribution >= 4 is 34.8 Å². The van der Waals surface area contributed by atoms with Crippen LogP contribution in [0.15, 0.2) is 36.4 Å². The lowest BCUT2D eigenvalue weighted by atomic mass is 10.2. The predicted octanol–water partition coefficient (Wildman–Crippen LogP) is 4.64. The highest BCUT2D eigenvalue weighted by atomic mass is 35.5. The van der Waals surface area contributed by atoms with Crippen LogP contribution in [0.3, 0.4) is 0 Å². The quantitative estimate of drug-likeness (QED) is 0.861. The molecule has 0 amide bonds. The Morgan fingerprint density at radius 2 is 1.74 bits per heavy atom. The first-order valence-corrected chi connectivity index (χ1v) is 6.81. The predicted molar refractivity (Wildman–Crippen MR) is 80.1 cm³/mol. The van der Waals surface area contributed by atoms with Gasteiger partial charge in [-0.05, 0) is 29.8 Å². The Kier molecular flexibility index (Phi) is 4.94. The van der Waals surface area contributed by atoms with Crippen LogP contribution >= 0.6 is 34.8 Å². The summed E-state index contributed by atoms with van der Waals surface area (Å²) < 4.78 is 0. The molecule has 0 bridgehead atoms. The van der Waals surface area contributed by atoms with Gasteiger partial charge in [0.1, 0.15) is 5.75 Å². The molecule has 0 radical (unpaired) electrons. The summed E-state index contributed by atoms with van der Waals surface area (Å²) in [6.45, 7) is 1.11. The molecule has 0 heterocycles. The van der Waals surface area contributed by atoms with Crippen molar-refractivity contribution in [3.8, 4) is 5.75 Å². The molecule has 5 heteroatoms. The fourth-order valence-electron chi connectivity index (χ4n) is 1.74. The van der Waals surface area contributed by atoms with Crippen LogP contribution in [-0.2, 0) is 13.1 Å². The number of nitrogens with one attached hydrogen (secondary N) is 1. The Morgan fingerprint density at radius 3 is 2.47 bits per heavy atom. The number of aromatic hydroxyl groups is 1. The molecule has 0 aliphatic rings. The zero-order chi connectivity index (χ0) is 13.8. The first-order valence-electron chi connectivity index (χ1n) is 5.68. The number of benzene rings is 2. The Balaban J connectivity index is 2.00. The first kappa shape index (κ1) is 14.5. The van der Waals surface area contributed by atoms with Crippen LogP contribution in [0.2, 0.25) is 15.1 Å². The van der Waals surface area contributed by atoms with E-state index in [0.717, 1.165) is 5.56 Å². The molecule has 0 saturated carbocycles. The maximum absolute atomic E-state index is 9.81. The highest BCUT2D eigenvalue weighted by Gasteiger charge is 2.07. The van der Waals surface area contributed by atoms with E-state index < -0.39 is 0 Å². The van der Waals surface area contributed by atoms with Gasteiger partial charge in [0.25, 0.3) is 0 Å². The molecule has 2 aromatic rings. The summed E-state index contributed by atoms with van der Waals surface area (Å²) in [5.41, 5.74) is 1.74. The number of phenols is 1. The van der Waals surface area contributed by atoms with Gasteiger partial charge in [-0.2, -0.15) is 0 Å². The monoisotopic (exact) mass is 315 g/mol. The molecule has 0 atom stereocenters. The number of hydrogen-bond acceptors (Lipinski definition) is 2. The van der Waals surface area contributed by atoms with Gasteiger partial charge < -0.3 is 10.4 Å². The zero-order valence-corrected chi connectivity index (χ0v) is 12.2. The largest absolute Gasteiger partial charge is 0.506 e. The molecule has 2 rings (SSSR count). The number of hydrogen-bond donors (Lipinski definition) is 2. The third-order valence-corrected chi connectivity index (χ3v) is 3.38. The lowest BCUT2D eigenvalue weighted by Gasteiger charge is -2.09. The van der Waals surface area contributed by atoms with E-state index in [9.17, 15) is 5.11 Å². The molecule has 0 saturated heterocycles. The van der Waals surface area contributed by atoms with E-state index >= 15 is 0 Å². The number of phenolic OH excluding ortho intramolecular Hbond substituents is 1. The van der Waals surface area contributed by atoms with Crippen LogP contribution in [-0.4, -0.2) is 5.11 Å². The van der Waals surface area contributed by atoms with Crippen molar-refractivity contribution in [3.63, 3.8) is 0 Å². The second kappa shape index (κ2) is 6.49. The normalized spacial score (nSPS) is 10.7. The van der Waals surface area contributed by atoms with E-state index in [2.05, 4.69) is 5.32 Å². The van der Waals surface area contributed by atoms with Gasteiger partial charge in [-0.15, -0.1) is 0 Å². The van der Waals surface area contributed by atoms with Gasteiger partial charge in [-0.25, -0.2) is 0 Å². The zero-order valence-electron chi connectivity index (χ0n) is 9.96. The summed E-state index contributed by atoms with van der Waals surface area (Å²) >= 11 is 17.7. The molecular weight excluding hydrogens is 305 g/mol. The van der Waals surface area contributed by atoms with E-state index in [4.69, 9.17) is 34.8 Å². The lowest BCUT2D eigenvalue weighted by Crippen LogP contribution is -2.12. The Labute approximate surface area is 126 Å². The maximum Gasteiger partial charge on any atom is 0.138 e. The van der Waals surface area contributed by atoms with Crippen molar-refractivity contribution in [2.45, 2.75) is 13.1 Å². The van der Waals surface area contributed by atoms with Gasteiger partial charge in [0.2, 0.25) is 0 Å². The standard InChI is InChI=1S/C14H12Cl3NO/c15-11-3-1-2-9(4-11)7-18-8-10-5-12(16)6-13(17)14(10)19/h1-6,18-19H,7-8H2. The summed E-state index contributed by atoms with van der Waals surface area (Å²) in [7, 11) is 0. The van der Waals surface area contributed by atoms with Crippen molar-refractivity contribution in [1.29, 1.82) is 0 Å². The molecular formula is C14H12Cl3NO. The fourth-order valence-corrected chi connectivity index (χ4v) is 2.49. The summed E-state index contributed by atoms with van der Waals surface area (Å²) in [4.78, 5) is 0. The summed E-state index contributed by atoms with van der Waals surface area (Å²) in [6, 6.07) is 10.8.